The third-order valence-corrected chi connectivity index (χ3v) is 4.10. The summed E-state index contributed by atoms with van der Waals surface area (Å²) in [6.07, 6.45) is 4.72. The van der Waals surface area contributed by atoms with E-state index in [-0.39, 0.29) is 5.91 Å². The number of carbonyl (C=O) groups excluding carboxylic acids is 2. The zero-order valence-corrected chi connectivity index (χ0v) is 13.3. The summed E-state index contributed by atoms with van der Waals surface area (Å²) in [6.45, 7) is 0. The van der Waals surface area contributed by atoms with Gasteiger partial charge in [0.1, 0.15) is 0 Å². The summed E-state index contributed by atoms with van der Waals surface area (Å²) in [5, 5.41) is 2.82. The monoisotopic (exact) mass is 333 g/mol. The summed E-state index contributed by atoms with van der Waals surface area (Å²) in [4.78, 5) is 28.6. The van der Waals surface area contributed by atoms with Gasteiger partial charge < -0.3 is 14.6 Å². The Labute approximate surface area is 144 Å². The van der Waals surface area contributed by atoms with E-state index in [0.717, 1.165) is 11.3 Å². The fraction of sp³-hybridized carbons (Fsp3) is 0.105. The maximum absolute atomic E-state index is 12.5. The molecular formula is C19H15N3O3. The number of aromatic nitrogens is 2. The van der Waals surface area contributed by atoms with Gasteiger partial charge in [-0.15, -0.1) is 0 Å². The van der Waals surface area contributed by atoms with E-state index in [1.165, 1.54) is 0 Å². The first-order valence-corrected chi connectivity index (χ1v) is 7.89. The minimum absolute atomic E-state index is 0.342. The number of benzene rings is 2. The molecule has 0 fully saturated rings. The highest BCUT2D eigenvalue weighted by molar-refractivity contribution is 6.00. The van der Waals surface area contributed by atoms with Crippen LogP contribution in [-0.4, -0.2) is 27.5 Å². The van der Waals surface area contributed by atoms with E-state index in [4.69, 9.17) is 4.74 Å². The molecule has 1 aromatic heterocycles. The smallest absolute Gasteiger partial charge is 0.339 e. The molecule has 6 heteroatoms. The number of ether oxygens (including phenoxy) is 1. The van der Waals surface area contributed by atoms with Crippen molar-refractivity contribution in [2.24, 2.45) is 0 Å². The van der Waals surface area contributed by atoms with Gasteiger partial charge >= 0.3 is 5.97 Å². The van der Waals surface area contributed by atoms with Crippen LogP contribution in [0.2, 0.25) is 0 Å². The molecule has 2 heterocycles. The highest BCUT2D eigenvalue weighted by Crippen LogP contribution is 2.22. The maximum atomic E-state index is 12.5. The van der Waals surface area contributed by atoms with Crippen LogP contribution in [0.15, 0.2) is 67.3 Å². The van der Waals surface area contributed by atoms with Crippen LogP contribution in [0.25, 0.3) is 5.69 Å². The van der Waals surface area contributed by atoms with E-state index in [2.05, 4.69) is 10.3 Å². The highest BCUT2D eigenvalue weighted by atomic mass is 16.5. The minimum Gasteiger partial charge on any atom is -0.448 e. The Hall–Kier alpha value is -3.41. The first-order chi connectivity index (χ1) is 12.2. The molecule has 1 N–H and O–H groups in total. The van der Waals surface area contributed by atoms with Crippen LogP contribution in [-0.2, 0) is 16.0 Å². The van der Waals surface area contributed by atoms with Crippen molar-refractivity contribution in [2.45, 2.75) is 12.5 Å². The number of amides is 1. The largest absolute Gasteiger partial charge is 0.448 e. The molecule has 1 aliphatic heterocycles. The molecule has 0 unspecified atom stereocenters. The molecule has 3 aromatic rings. The van der Waals surface area contributed by atoms with Crippen LogP contribution >= 0.6 is 0 Å². The maximum Gasteiger partial charge on any atom is 0.339 e. The normalized spacial score (nSPS) is 16.0. The number of hydrogen-bond acceptors (Lipinski definition) is 4. The number of carbonyl (C=O) groups is 2. The Morgan fingerprint density at radius 3 is 2.92 bits per heavy atom. The van der Waals surface area contributed by atoms with E-state index in [0.29, 0.717) is 17.7 Å². The van der Waals surface area contributed by atoms with Crippen LogP contribution in [0.5, 0.6) is 0 Å². The fourth-order valence-corrected chi connectivity index (χ4v) is 2.86. The second-order valence-electron chi connectivity index (χ2n) is 5.76. The Bertz CT molecular complexity index is 935. The summed E-state index contributed by atoms with van der Waals surface area (Å²) in [5.41, 5.74) is 2.85. The van der Waals surface area contributed by atoms with Crippen molar-refractivity contribution < 1.29 is 14.3 Å². The van der Waals surface area contributed by atoms with Gasteiger partial charge in [-0.25, -0.2) is 9.78 Å². The molecule has 2 aromatic carbocycles. The average molecular weight is 333 g/mol. The van der Waals surface area contributed by atoms with Gasteiger partial charge in [0.2, 0.25) is 0 Å². The summed E-state index contributed by atoms with van der Waals surface area (Å²) in [5.74, 6) is -0.806. The van der Waals surface area contributed by atoms with Crippen molar-refractivity contribution in [1.29, 1.82) is 0 Å². The number of cyclic esters (lactones) is 1. The average Bonchev–Trinajstić information content (AvgIpc) is 3.17. The lowest BCUT2D eigenvalue weighted by Crippen LogP contribution is -2.37. The number of esters is 1. The third-order valence-electron chi connectivity index (χ3n) is 4.10. The van der Waals surface area contributed by atoms with Crippen LogP contribution in [0.3, 0.4) is 0 Å². The van der Waals surface area contributed by atoms with E-state index in [9.17, 15) is 9.59 Å². The van der Waals surface area contributed by atoms with Crippen molar-refractivity contribution in [3.05, 3.63) is 78.4 Å². The third kappa shape index (κ3) is 3.01. The van der Waals surface area contributed by atoms with Crippen LogP contribution in [0.1, 0.15) is 15.9 Å². The lowest BCUT2D eigenvalue weighted by atomic mass is 9.98. The molecule has 0 bridgehead atoms. The minimum atomic E-state index is -0.834. The molecule has 124 valence electrons. The van der Waals surface area contributed by atoms with Gasteiger partial charge in [0.25, 0.3) is 5.91 Å². The first-order valence-electron chi connectivity index (χ1n) is 7.89. The van der Waals surface area contributed by atoms with Crippen LogP contribution < -0.4 is 5.32 Å². The highest BCUT2D eigenvalue weighted by Gasteiger charge is 2.31. The van der Waals surface area contributed by atoms with Gasteiger partial charge in [0.15, 0.2) is 6.10 Å². The Balaban J connectivity index is 1.52. The van der Waals surface area contributed by atoms with Gasteiger partial charge in [0, 0.05) is 30.2 Å². The van der Waals surface area contributed by atoms with Crippen molar-refractivity contribution in [1.82, 2.24) is 9.55 Å². The fourth-order valence-electron chi connectivity index (χ4n) is 2.86. The lowest BCUT2D eigenvalue weighted by Gasteiger charge is -2.23. The van der Waals surface area contributed by atoms with Gasteiger partial charge in [-0.1, -0.05) is 24.3 Å². The van der Waals surface area contributed by atoms with Crippen LogP contribution in [0.4, 0.5) is 5.69 Å². The summed E-state index contributed by atoms with van der Waals surface area (Å²) >= 11 is 0. The van der Waals surface area contributed by atoms with E-state index in [1.54, 1.807) is 30.7 Å². The Morgan fingerprint density at radius 1 is 1.20 bits per heavy atom. The van der Waals surface area contributed by atoms with Crippen molar-refractivity contribution in [3.63, 3.8) is 0 Å². The van der Waals surface area contributed by atoms with E-state index in [1.807, 2.05) is 41.1 Å². The molecule has 0 radical (unpaired) electrons. The molecule has 1 aliphatic rings. The first kappa shape index (κ1) is 15.1. The van der Waals surface area contributed by atoms with Crippen molar-refractivity contribution in [2.75, 3.05) is 5.32 Å². The number of fused-ring (bicyclic) bond motifs is 1. The lowest BCUT2D eigenvalue weighted by molar-refractivity contribution is -0.125. The van der Waals surface area contributed by atoms with E-state index >= 15 is 0 Å². The zero-order valence-electron chi connectivity index (χ0n) is 13.3. The molecule has 0 saturated heterocycles. The Kier molecular flexibility index (Phi) is 3.78. The zero-order chi connectivity index (χ0) is 17.2. The Morgan fingerprint density at radius 2 is 2.08 bits per heavy atom. The van der Waals surface area contributed by atoms with Gasteiger partial charge in [-0.3, -0.25) is 4.79 Å². The van der Waals surface area contributed by atoms with Gasteiger partial charge in [-0.05, 0) is 29.8 Å². The molecule has 0 spiro atoms. The topological polar surface area (TPSA) is 73.2 Å². The number of nitrogens with one attached hydrogen (secondary N) is 1. The van der Waals surface area contributed by atoms with Crippen molar-refractivity contribution >= 4 is 17.6 Å². The number of imidazole rings is 1. The molecule has 4 rings (SSSR count). The molecule has 6 nitrogen and oxygen atoms in total. The summed E-state index contributed by atoms with van der Waals surface area (Å²) in [6, 6.07) is 14.6. The number of anilines is 1. The standard InChI is InChI=1S/C19H15N3O3/c23-18(17-10-13-4-1-2-7-16(13)19(24)25-17)21-14-5-3-6-15(11-14)22-9-8-20-12-22/h1-9,11-12,17H,10H2,(H,21,23)/t17-/m0/s1. The quantitative estimate of drug-likeness (QED) is 0.748. The predicted molar refractivity (Wildman–Crippen MR) is 91.5 cm³/mol. The SMILES string of the molecule is O=C1O[C@H](C(=O)Nc2cccc(-n3ccnc3)c2)Cc2ccccc21. The molecule has 0 saturated carbocycles. The molecule has 25 heavy (non-hydrogen) atoms. The molecule has 1 atom stereocenters. The second-order valence-corrected chi connectivity index (χ2v) is 5.76. The second kappa shape index (κ2) is 6.24. The number of nitrogens with zero attached hydrogens (tertiary/aromatic N) is 2. The summed E-state index contributed by atoms with van der Waals surface area (Å²) in [7, 11) is 0. The van der Waals surface area contributed by atoms with Crippen LogP contribution in [0, 0.1) is 0 Å². The van der Waals surface area contributed by atoms with Gasteiger partial charge in [0.05, 0.1) is 11.9 Å². The molecular weight excluding hydrogens is 318 g/mol. The van der Waals surface area contributed by atoms with Crippen molar-refractivity contribution in [3.8, 4) is 5.69 Å². The predicted octanol–water partition coefficient (Wildman–Crippen LogP) is 2.59. The number of rotatable bonds is 3. The summed E-state index contributed by atoms with van der Waals surface area (Å²) < 4.78 is 7.12. The number of hydrogen-bond donors (Lipinski definition) is 1. The van der Waals surface area contributed by atoms with Gasteiger partial charge in [-0.2, -0.15) is 0 Å². The molecule has 1 amide bonds. The molecule has 0 aliphatic carbocycles. The van der Waals surface area contributed by atoms with E-state index < -0.39 is 12.1 Å².